The molecule has 186 valence electrons. The molecule has 7 heteroatoms. The first-order valence-electron chi connectivity index (χ1n) is 11.7. The Kier molecular flexibility index (Phi) is 7.01. The molecule has 1 atom stereocenters. The van der Waals surface area contributed by atoms with Crippen molar-refractivity contribution in [2.75, 3.05) is 13.7 Å². The molecule has 0 spiro atoms. The van der Waals surface area contributed by atoms with Gasteiger partial charge in [0.15, 0.2) is 11.5 Å². The summed E-state index contributed by atoms with van der Waals surface area (Å²) in [6, 6.07) is 16.4. The van der Waals surface area contributed by atoms with E-state index in [4.69, 9.17) is 9.47 Å². The van der Waals surface area contributed by atoms with Crippen molar-refractivity contribution in [1.29, 1.82) is 0 Å². The number of methoxy groups -OCH3 is 1. The van der Waals surface area contributed by atoms with Crippen LogP contribution in [0, 0.1) is 13.8 Å². The highest BCUT2D eigenvalue weighted by atomic mass is 16.5. The number of para-hydroxylation sites is 1. The summed E-state index contributed by atoms with van der Waals surface area (Å²) in [5, 5.41) is 21.6. The lowest BCUT2D eigenvalue weighted by Gasteiger charge is -2.26. The maximum Gasteiger partial charge on any atom is 0.295 e. The molecule has 0 radical (unpaired) electrons. The maximum absolute atomic E-state index is 13.4. The molecule has 1 amide bonds. The van der Waals surface area contributed by atoms with Gasteiger partial charge in [-0.3, -0.25) is 9.59 Å². The summed E-state index contributed by atoms with van der Waals surface area (Å²) < 4.78 is 11.0. The van der Waals surface area contributed by atoms with Gasteiger partial charge in [-0.1, -0.05) is 36.4 Å². The van der Waals surface area contributed by atoms with Gasteiger partial charge in [0.2, 0.25) is 0 Å². The maximum atomic E-state index is 13.4. The van der Waals surface area contributed by atoms with E-state index < -0.39 is 17.7 Å². The summed E-state index contributed by atoms with van der Waals surface area (Å²) in [7, 11) is 1.54. The number of aromatic hydroxyl groups is 1. The molecule has 1 saturated heterocycles. The van der Waals surface area contributed by atoms with Crippen molar-refractivity contribution in [2.24, 2.45) is 0 Å². The van der Waals surface area contributed by atoms with Gasteiger partial charge in [-0.25, -0.2) is 0 Å². The lowest BCUT2D eigenvalue weighted by atomic mass is 9.94. The number of amides is 1. The Bertz CT molecular complexity index is 1360. The largest absolute Gasteiger partial charge is 0.507 e. The van der Waals surface area contributed by atoms with Crippen LogP contribution in [-0.2, 0) is 16.1 Å². The van der Waals surface area contributed by atoms with Crippen molar-refractivity contribution in [3.63, 3.8) is 0 Å². The number of rotatable bonds is 7. The first kappa shape index (κ1) is 24.9. The number of nitrogens with zero attached hydrogens (tertiary/aromatic N) is 1. The number of hydrogen-bond donors (Lipinski definition) is 2. The second-order valence-corrected chi connectivity index (χ2v) is 8.70. The molecular weight excluding hydrogens is 458 g/mol. The Morgan fingerprint density at radius 1 is 0.972 bits per heavy atom. The Morgan fingerprint density at radius 2 is 1.72 bits per heavy atom. The summed E-state index contributed by atoms with van der Waals surface area (Å²) in [5.41, 5.74) is 3.65. The van der Waals surface area contributed by atoms with Gasteiger partial charge >= 0.3 is 0 Å². The Morgan fingerprint density at radius 3 is 2.42 bits per heavy atom. The number of phenolic OH excluding ortho intramolecular Hbond substituents is 1. The molecule has 1 aliphatic heterocycles. The quantitative estimate of drug-likeness (QED) is 0.275. The van der Waals surface area contributed by atoms with Gasteiger partial charge in [0.25, 0.3) is 11.7 Å². The van der Waals surface area contributed by atoms with E-state index in [0.717, 1.165) is 11.1 Å². The van der Waals surface area contributed by atoms with Crippen LogP contribution in [0.25, 0.3) is 5.76 Å². The molecule has 0 bridgehead atoms. The molecule has 2 N–H and O–H groups in total. The first-order chi connectivity index (χ1) is 17.3. The fourth-order valence-electron chi connectivity index (χ4n) is 4.42. The summed E-state index contributed by atoms with van der Waals surface area (Å²) >= 11 is 0. The monoisotopic (exact) mass is 487 g/mol. The van der Waals surface area contributed by atoms with Gasteiger partial charge in [0, 0.05) is 11.1 Å². The highest BCUT2D eigenvalue weighted by molar-refractivity contribution is 6.46. The van der Waals surface area contributed by atoms with Crippen molar-refractivity contribution < 1.29 is 29.3 Å². The number of aliphatic hydroxyl groups excluding tert-OH is 1. The molecular formula is C29H29NO6. The molecule has 36 heavy (non-hydrogen) atoms. The second-order valence-electron chi connectivity index (χ2n) is 8.70. The Labute approximate surface area is 210 Å². The van der Waals surface area contributed by atoms with Gasteiger partial charge < -0.3 is 24.6 Å². The van der Waals surface area contributed by atoms with E-state index in [9.17, 15) is 19.8 Å². The molecule has 1 heterocycles. The average Bonchev–Trinajstić information content (AvgIpc) is 3.12. The lowest BCUT2D eigenvalue weighted by Crippen LogP contribution is -2.29. The lowest BCUT2D eigenvalue weighted by molar-refractivity contribution is -0.140. The molecule has 1 aliphatic rings. The van der Waals surface area contributed by atoms with Gasteiger partial charge in [-0.2, -0.15) is 0 Å². The van der Waals surface area contributed by atoms with Crippen LogP contribution >= 0.6 is 0 Å². The zero-order valence-corrected chi connectivity index (χ0v) is 20.7. The van der Waals surface area contributed by atoms with E-state index >= 15 is 0 Å². The highest BCUT2D eigenvalue weighted by Crippen LogP contribution is 2.43. The average molecular weight is 488 g/mol. The molecule has 3 aromatic carbocycles. The predicted molar refractivity (Wildman–Crippen MR) is 136 cm³/mol. The smallest absolute Gasteiger partial charge is 0.295 e. The van der Waals surface area contributed by atoms with Crippen LogP contribution in [0.1, 0.15) is 40.8 Å². The van der Waals surface area contributed by atoms with Gasteiger partial charge in [0.1, 0.15) is 11.5 Å². The number of ether oxygens (including phenoxy) is 2. The zero-order chi connectivity index (χ0) is 26.0. The number of carbonyl (C=O) groups excluding carboxylic acids is 2. The van der Waals surface area contributed by atoms with Crippen molar-refractivity contribution in [2.45, 2.75) is 33.4 Å². The number of benzene rings is 3. The fraction of sp³-hybridized carbons (Fsp3) is 0.241. The third kappa shape index (κ3) is 4.52. The fourth-order valence-corrected chi connectivity index (χ4v) is 4.42. The molecule has 3 aromatic rings. The van der Waals surface area contributed by atoms with Crippen LogP contribution in [0.4, 0.5) is 0 Å². The van der Waals surface area contributed by atoms with Crippen LogP contribution in [-0.4, -0.2) is 40.5 Å². The molecule has 0 aromatic heterocycles. The second kappa shape index (κ2) is 10.2. The number of carbonyl (C=O) groups is 2. The number of aliphatic hydroxyl groups is 1. The number of aryl methyl sites for hydroxylation is 2. The SMILES string of the molecule is CCOc1cc(C2/C(=C(/O)c3ccc(C)c(C)c3)C(=O)C(=O)N2Cc2ccccc2OC)ccc1O. The van der Waals surface area contributed by atoms with E-state index in [1.165, 1.54) is 11.0 Å². The molecule has 1 fully saturated rings. The summed E-state index contributed by atoms with van der Waals surface area (Å²) in [6.45, 7) is 6.06. The Hall–Kier alpha value is -4.26. The van der Waals surface area contributed by atoms with Gasteiger partial charge in [-0.15, -0.1) is 0 Å². The van der Waals surface area contributed by atoms with Crippen LogP contribution in [0.15, 0.2) is 66.2 Å². The molecule has 1 unspecified atom stereocenters. The third-order valence-electron chi connectivity index (χ3n) is 6.45. The van der Waals surface area contributed by atoms with Crippen molar-refractivity contribution >= 4 is 17.4 Å². The minimum Gasteiger partial charge on any atom is -0.507 e. The summed E-state index contributed by atoms with van der Waals surface area (Å²) in [4.78, 5) is 28.1. The highest BCUT2D eigenvalue weighted by Gasteiger charge is 2.46. The van der Waals surface area contributed by atoms with E-state index in [1.54, 1.807) is 44.4 Å². The van der Waals surface area contributed by atoms with Crippen molar-refractivity contribution in [3.05, 3.63) is 94.1 Å². The number of hydrogen-bond acceptors (Lipinski definition) is 6. The number of ketones is 1. The molecule has 4 rings (SSSR count). The van der Waals surface area contributed by atoms with Crippen molar-refractivity contribution in [1.82, 2.24) is 4.90 Å². The predicted octanol–water partition coefficient (Wildman–Crippen LogP) is 5.04. The van der Waals surface area contributed by atoms with Gasteiger partial charge in [0.05, 0.1) is 31.9 Å². The summed E-state index contributed by atoms with van der Waals surface area (Å²) in [5.74, 6) is -1.03. The zero-order valence-electron chi connectivity index (χ0n) is 20.7. The first-order valence-corrected chi connectivity index (χ1v) is 11.7. The van der Waals surface area contributed by atoms with Crippen LogP contribution in [0.5, 0.6) is 17.2 Å². The summed E-state index contributed by atoms with van der Waals surface area (Å²) in [6.07, 6.45) is 0. The van der Waals surface area contributed by atoms with Gasteiger partial charge in [-0.05, 0) is 61.7 Å². The molecule has 0 aliphatic carbocycles. The van der Waals surface area contributed by atoms with Crippen molar-refractivity contribution in [3.8, 4) is 17.2 Å². The van der Waals surface area contributed by atoms with E-state index in [0.29, 0.717) is 29.0 Å². The third-order valence-corrected chi connectivity index (χ3v) is 6.45. The van der Waals surface area contributed by atoms with Crippen LogP contribution in [0.2, 0.25) is 0 Å². The van der Waals surface area contributed by atoms with Crippen LogP contribution in [0.3, 0.4) is 0 Å². The molecule has 0 saturated carbocycles. The Balaban J connectivity index is 1.91. The number of phenols is 1. The van der Waals surface area contributed by atoms with E-state index in [2.05, 4.69) is 0 Å². The van der Waals surface area contributed by atoms with E-state index in [-0.39, 0.29) is 29.4 Å². The standard InChI is InChI=1S/C29H29NO6/c1-5-36-24-15-19(12-13-22(24)31)26-25(27(32)20-11-10-17(2)18(3)14-20)28(33)29(34)30(26)16-21-8-6-7-9-23(21)35-4/h6-15,26,31-32H,5,16H2,1-4H3/b27-25-. The number of Topliss-reactive ketones (excluding diaryl/α,β-unsaturated/α-hetero) is 1. The topological polar surface area (TPSA) is 96.3 Å². The normalized spacial score (nSPS) is 16.9. The van der Waals surface area contributed by atoms with Crippen LogP contribution < -0.4 is 9.47 Å². The minimum absolute atomic E-state index is 0.0220. The minimum atomic E-state index is -0.906. The number of likely N-dealkylation sites (tertiary alicyclic amines) is 1. The molecule has 7 nitrogen and oxygen atoms in total. The van der Waals surface area contributed by atoms with E-state index in [1.807, 2.05) is 38.1 Å².